The third kappa shape index (κ3) is 4.20. The summed E-state index contributed by atoms with van der Waals surface area (Å²) in [7, 11) is 0. The van der Waals surface area contributed by atoms with Crippen LogP contribution in [-0.4, -0.2) is 9.97 Å². The lowest BCUT2D eigenvalue weighted by atomic mass is 10.2. The topological polar surface area (TPSA) is 49.8 Å². The molecule has 0 unspecified atom stereocenters. The molecule has 0 aliphatic carbocycles. The second-order valence-corrected chi connectivity index (χ2v) is 5.70. The lowest BCUT2D eigenvalue weighted by Crippen LogP contribution is -2.06. The molecule has 0 fully saturated rings. The Morgan fingerprint density at radius 2 is 1.79 bits per heavy atom. The van der Waals surface area contributed by atoms with Crippen molar-refractivity contribution in [3.8, 4) is 0 Å². The van der Waals surface area contributed by atoms with E-state index in [1.54, 1.807) is 12.1 Å². The van der Waals surface area contributed by atoms with Crippen LogP contribution in [0.15, 0.2) is 54.6 Å². The summed E-state index contributed by atoms with van der Waals surface area (Å²) in [6, 6.07) is 15.5. The molecule has 0 spiro atoms. The Labute approximate surface area is 144 Å². The fourth-order valence-electron chi connectivity index (χ4n) is 2.20. The van der Waals surface area contributed by atoms with Crippen molar-refractivity contribution in [3.63, 3.8) is 0 Å². The van der Waals surface area contributed by atoms with E-state index < -0.39 is 0 Å². The summed E-state index contributed by atoms with van der Waals surface area (Å²) in [6.45, 7) is 2.45. The van der Waals surface area contributed by atoms with Crippen LogP contribution in [0.5, 0.6) is 0 Å². The fraction of sp³-hybridized carbons (Fsp3) is 0.111. The molecule has 0 saturated heterocycles. The van der Waals surface area contributed by atoms with Crippen LogP contribution in [0, 0.1) is 12.7 Å². The van der Waals surface area contributed by atoms with Gasteiger partial charge in [0.05, 0.1) is 0 Å². The van der Waals surface area contributed by atoms with Crippen molar-refractivity contribution in [2.24, 2.45) is 0 Å². The van der Waals surface area contributed by atoms with Gasteiger partial charge < -0.3 is 10.6 Å². The first-order chi connectivity index (χ1) is 11.6. The standard InChI is InChI=1S/C18H16ClFN4/c1-12-10-17(21-11-13-4-2-3-5-16(13)19)24-18(22-12)23-15-8-6-14(20)7-9-15/h2-10H,11H2,1H3,(H2,21,22,23,24). The Balaban J connectivity index is 1.74. The van der Waals surface area contributed by atoms with Gasteiger partial charge in [-0.3, -0.25) is 0 Å². The quantitative estimate of drug-likeness (QED) is 0.690. The Bertz CT molecular complexity index is 837. The minimum atomic E-state index is -0.284. The predicted octanol–water partition coefficient (Wildman–Crippen LogP) is 4.93. The van der Waals surface area contributed by atoms with E-state index in [-0.39, 0.29) is 5.82 Å². The van der Waals surface area contributed by atoms with Gasteiger partial charge in [-0.1, -0.05) is 29.8 Å². The van der Waals surface area contributed by atoms with E-state index in [0.717, 1.165) is 16.9 Å². The van der Waals surface area contributed by atoms with Crippen LogP contribution < -0.4 is 10.6 Å². The van der Waals surface area contributed by atoms with Crippen LogP contribution in [0.1, 0.15) is 11.3 Å². The number of aromatic nitrogens is 2. The van der Waals surface area contributed by atoms with Crippen LogP contribution >= 0.6 is 11.6 Å². The monoisotopic (exact) mass is 342 g/mol. The Morgan fingerprint density at radius 3 is 2.54 bits per heavy atom. The van der Waals surface area contributed by atoms with Gasteiger partial charge in [-0.15, -0.1) is 0 Å². The maximum absolute atomic E-state index is 13.0. The maximum atomic E-state index is 13.0. The summed E-state index contributed by atoms with van der Waals surface area (Å²) in [6.07, 6.45) is 0. The van der Waals surface area contributed by atoms with E-state index in [4.69, 9.17) is 11.6 Å². The summed E-state index contributed by atoms with van der Waals surface area (Å²) in [5.41, 5.74) is 2.53. The molecule has 2 aromatic carbocycles. The highest BCUT2D eigenvalue weighted by Crippen LogP contribution is 2.19. The lowest BCUT2D eigenvalue weighted by molar-refractivity contribution is 0.628. The fourth-order valence-corrected chi connectivity index (χ4v) is 2.41. The Kier molecular flexibility index (Phi) is 4.91. The van der Waals surface area contributed by atoms with E-state index >= 15 is 0 Å². The van der Waals surface area contributed by atoms with E-state index in [9.17, 15) is 4.39 Å². The molecule has 0 radical (unpaired) electrons. The molecule has 2 N–H and O–H groups in total. The zero-order valence-electron chi connectivity index (χ0n) is 13.1. The summed E-state index contributed by atoms with van der Waals surface area (Å²) in [5.74, 6) is 0.850. The molecule has 24 heavy (non-hydrogen) atoms. The van der Waals surface area contributed by atoms with E-state index in [1.807, 2.05) is 37.3 Å². The largest absolute Gasteiger partial charge is 0.366 e. The normalized spacial score (nSPS) is 10.5. The molecule has 0 aliphatic heterocycles. The van der Waals surface area contributed by atoms with E-state index in [2.05, 4.69) is 20.6 Å². The molecule has 0 bridgehead atoms. The van der Waals surface area contributed by atoms with Gasteiger partial charge in [0, 0.05) is 29.0 Å². The highest BCUT2D eigenvalue weighted by atomic mass is 35.5. The van der Waals surface area contributed by atoms with Gasteiger partial charge in [-0.2, -0.15) is 4.98 Å². The highest BCUT2D eigenvalue weighted by molar-refractivity contribution is 6.31. The number of aryl methyl sites for hydroxylation is 1. The van der Waals surface area contributed by atoms with Crippen LogP contribution in [-0.2, 0) is 6.54 Å². The Morgan fingerprint density at radius 1 is 1.04 bits per heavy atom. The maximum Gasteiger partial charge on any atom is 0.229 e. The van der Waals surface area contributed by atoms with Crippen molar-refractivity contribution in [2.75, 3.05) is 10.6 Å². The number of halogens is 2. The van der Waals surface area contributed by atoms with Gasteiger partial charge >= 0.3 is 0 Å². The molecular weight excluding hydrogens is 327 g/mol. The SMILES string of the molecule is Cc1cc(NCc2ccccc2Cl)nc(Nc2ccc(F)cc2)n1. The second kappa shape index (κ2) is 7.27. The molecule has 0 amide bonds. The summed E-state index contributed by atoms with van der Waals surface area (Å²) in [5, 5.41) is 7.02. The summed E-state index contributed by atoms with van der Waals surface area (Å²) < 4.78 is 13.0. The first-order valence-electron chi connectivity index (χ1n) is 7.46. The van der Waals surface area contributed by atoms with Crippen molar-refractivity contribution in [1.82, 2.24) is 9.97 Å². The third-order valence-electron chi connectivity index (χ3n) is 3.37. The molecule has 6 heteroatoms. The van der Waals surface area contributed by atoms with Gasteiger partial charge in [-0.05, 0) is 42.8 Å². The van der Waals surface area contributed by atoms with Gasteiger partial charge in [0.15, 0.2) is 0 Å². The molecular formula is C18H16ClFN4. The molecule has 0 aliphatic rings. The number of rotatable bonds is 5. The van der Waals surface area contributed by atoms with Crippen molar-refractivity contribution in [3.05, 3.63) is 76.7 Å². The number of hydrogen-bond donors (Lipinski definition) is 2. The molecule has 0 saturated carbocycles. The van der Waals surface area contributed by atoms with Gasteiger partial charge in [-0.25, -0.2) is 9.37 Å². The van der Waals surface area contributed by atoms with Crippen molar-refractivity contribution < 1.29 is 4.39 Å². The van der Waals surface area contributed by atoms with Crippen molar-refractivity contribution in [2.45, 2.75) is 13.5 Å². The molecule has 1 aromatic heterocycles. The summed E-state index contributed by atoms with van der Waals surface area (Å²) >= 11 is 6.16. The lowest BCUT2D eigenvalue weighted by Gasteiger charge is -2.11. The first-order valence-corrected chi connectivity index (χ1v) is 7.83. The van der Waals surface area contributed by atoms with Gasteiger partial charge in [0.1, 0.15) is 11.6 Å². The number of nitrogens with zero attached hydrogens (tertiary/aromatic N) is 2. The predicted molar refractivity (Wildman–Crippen MR) is 95.2 cm³/mol. The molecule has 4 nitrogen and oxygen atoms in total. The van der Waals surface area contributed by atoms with Crippen LogP contribution in [0.4, 0.5) is 21.8 Å². The van der Waals surface area contributed by atoms with Crippen molar-refractivity contribution in [1.29, 1.82) is 0 Å². The zero-order chi connectivity index (χ0) is 16.9. The molecule has 122 valence electrons. The average Bonchev–Trinajstić information content (AvgIpc) is 2.56. The van der Waals surface area contributed by atoms with Crippen LogP contribution in [0.25, 0.3) is 0 Å². The molecule has 1 heterocycles. The van der Waals surface area contributed by atoms with Gasteiger partial charge in [0.25, 0.3) is 0 Å². The van der Waals surface area contributed by atoms with Gasteiger partial charge in [0.2, 0.25) is 5.95 Å². The molecule has 3 rings (SSSR count). The number of nitrogens with one attached hydrogen (secondary N) is 2. The minimum Gasteiger partial charge on any atom is -0.366 e. The summed E-state index contributed by atoms with van der Waals surface area (Å²) in [4.78, 5) is 8.77. The number of anilines is 3. The van der Waals surface area contributed by atoms with E-state index in [1.165, 1.54) is 12.1 Å². The second-order valence-electron chi connectivity index (χ2n) is 5.30. The molecule has 3 aromatic rings. The van der Waals surface area contributed by atoms with Crippen molar-refractivity contribution >= 4 is 29.1 Å². The highest BCUT2D eigenvalue weighted by Gasteiger charge is 2.05. The smallest absolute Gasteiger partial charge is 0.229 e. The van der Waals surface area contributed by atoms with E-state index in [0.29, 0.717) is 23.3 Å². The first kappa shape index (κ1) is 16.2. The average molecular weight is 343 g/mol. The minimum absolute atomic E-state index is 0.284. The zero-order valence-corrected chi connectivity index (χ0v) is 13.8. The van der Waals surface area contributed by atoms with Crippen LogP contribution in [0.2, 0.25) is 5.02 Å². The Hall–Kier alpha value is -2.66. The third-order valence-corrected chi connectivity index (χ3v) is 3.74. The number of hydrogen-bond acceptors (Lipinski definition) is 4. The van der Waals surface area contributed by atoms with Crippen LogP contribution in [0.3, 0.4) is 0 Å². The number of benzene rings is 2. The molecule has 0 atom stereocenters.